The third kappa shape index (κ3) is 2.97. The molecule has 1 saturated heterocycles. The molecule has 1 fully saturated rings. The highest BCUT2D eigenvalue weighted by atomic mass is 19.1. The van der Waals surface area contributed by atoms with Gasteiger partial charge in [-0.15, -0.1) is 0 Å². The van der Waals surface area contributed by atoms with Crippen molar-refractivity contribution in [2.24, 2.45) is 0 Å². The molecule has 2 aromatic carbocycles. The average molecular weight is 395 g/mol. The van der Waals surface area contributed by atoms with E-state index in [9.17, 15) is 18.8 Å². The van der Waals surface area contributed by atoms with Crippen molar-refractivity contribution in [2.45, 2.75) is 38.3 Å². The van der Waals surface area contributed by atoms with E-state index in [0.29, 0.717) is 5.56 Å². The first kappa shape index (κ1) is 19.1. The Kier molecular flexibility index (Phi) is 4.61. The Labute approximate surface area is 168 Å². The van der Waals surface area contributed by atoms with E-state index in [2.05, 4.69) is 5.32 Å². The average Bonchev–Trinajstić information content (AvgIpc) is 3.17. The standard InChI is InChI=1S/C22H22FN3O3/c1-3-22(16-8-10-17(23)11-9-16)20(28)25(21(29)24-22)13-19(27)26-14(2)12-15-6-4-5-7-18(15)26/h4-11,14H,3,12-13H2,1-2H3,(H,24,29)/t14-,22+/m1/s1. The van der Waals surface area contributed by atoms with Gasteiger partial charge in [0.25, 0.3) is 5.91 Å². The van der Waals surface area contributed by atoms with Gasteiger partial charge in [0.2, 0.25) is 5.91 Å². The molecule has 29 heavy (non-hydrogen) atoms. The molecular formula is C22H22FN3O3. The number of anilines is 1. The molecule has 2 aromatic rings. The number of imide groups is 1. The molecule has 0 bridgehead atoms. The molecule has 150 valence electrons. The van der Waals surface area contributed by atoms with Gasteiger partial charge < -0.3 is 10.2 Å². The number of amides is 4. The molecule has 0 saturated carbocycles. The highest BCUT2D eigenvalue weighted by Crippen LogP contribution is 2.34. The quantitative estimate of drug-likeness (QED) is 0.810. The zero-order chi connectivity index (χ0) is 20.8. The Hall–Kier alpha value is -3.22. The van der Waals surface area contributed by atoms with Crippen molar-refractivity contribution in [3.05, 3.63) is 65.5 Å². The van der Waals surface area contributed by atoms with Crippen LogP contribution in [0.3, 0.4) is 0 Å². The second-order valence-electron chi connectivity index (χ2n) is 7.53. The van der Waals surface area contributed by atoms with Gasteiger partial charge in [0.05, 0.1) is 0 Å². The number of urea groups is 1. The molecule has 2 aliphatic heterocycles. The molecule has 0 unspecified atom stereocenters. The van der Waals surface area contributed by atoms with Crippen molar-refractivity contribution < 1.29 is 18.8 Å². The second kappa shape index (κ2) is 6.99. The lowest BCUT2D eigenvalue weighted by atomic mass is 9.87. The summed E-state index contributed by atoms with van der Waals surface area (Å²) < 4.78 is 13.3. The van der Waals surface area contributed by atoms with E-state index in [1.54, 1.807) is 11.8 Å². The normalized spacial score (nSPS) is 23.3. The third-order valence-corrected chi connectivity index (χ3v) is 5.81. The summed E-state index contributed by atoms with van der Waals surface area (Å²) in [4.78, 5) is 41.5. The Balaban J connectivity index is 1.60. The minimum Gasteiger partial charge on any atom is -0.319 e. The van der Waals surface area contributed by atoms with Gasteiger partial charge in [-0.1, -0.05) is 37.3 Å². The fraction of sp³-hybridized carbons (Fsp3) is 0.318. The van der Waals surface area contributed by atoms with E-state index >= 15 is 0 Å². The van der Waals surface area contributed by atoms with Gasteiger partial charge in [0, 0.05) is 11.7 Å². The molecule has 0 radical (unpaired) electrons. The van der Waals surface area contributed by atoms with E-state index in [0.717, 1.165) is 22.6 Å². The number of carbonyl (C=O) groups is 3. The van der Waals surface area contributed by atoms with Crippen LogP contribution in [0.2, 0.25) is 0 Å². The van der Waals surface area contributed by atoms with Gasteiger partial charge >= 0.3 is 6.03 Å². The van der Waals surface area contributed by atoms with Gasteiger partial charge in [-0.2, -0.15) is 0 Å². The maximum Gasteiger partial charge on any atom is 0.325 e. The maximum absolute atomic E-state index is 13.3. The van der Waals surface area contributed by atoms with Crippen molar-refractivity contribution >= 4 is 23.5 Å². The summed E-state index contributed by atoms with van der Waals surface area (Å²) in [5.41, 5.74) is 1.09. The monoisotopic (exact) mass is 395 g/mol. The summed E-state index contributed by atoms with van der Waals surface area (Å²) in [6.45, 7) is 3.37. The minimum atomic E-state index is -1.29. The molecule has 0 spiro atoms. The topological polar surface area (TPSA) is 69.7 Å². The molecule has 2 aliphatic rings. The van der Waals surface area contributed by atoms with Crippen LogP contribution in [0.5, 0.6) is 0 Å². The molecule has 0 aliphatic carbocycles. The van der Waals surface area contributed by atoms with Crippen LogP contribution in [0.15, 0.2) is 48.5 Å². The number of halogens is 1. The van der Waals surface area contributed by atoms with Gasteiger partial charge in [0.15, 0.2) is 0 Å². The molecule has 4 amide bonds. The van der Waals surface area contributed by atoms with Gasteiger partial charge in [-0.3, -0.25) is 14.5 Å². The maximum atomic E-state index is 13.3. The number of hydrogen-bond acceptors (Lipinski definition) is 3. The van der Waals surface area contributed by atoms with E-state index in [1.807, 2.05) is 31.2 Å². The Bertz CT molecular complexity index is 991. The molecule has 0 aromatic heterocycles. The highest BCUT2D eigenvalue weighted by molar-refractivity contribution is 6.11. The summed E-state index contributed by atoms with van der Waals surface area (Å²) in [6, 6.07) is 12.5. The summed E-state index contributed by atoms with van der Waals surface area (Å²) in [7, 11) is 0. The molecule has 7 heteroatoms. The lowest BCUT2D eigenvalue weighted by Crippen LogP contribution is -2.46. The van der Waals surface area contributed by atoms with Crippen LogP contribution in [-0.2, 0) is 21.5 Å². The Morgan fingerprint density at radius 2 is 1.86 bits per heavy atom. The first-order valence-electron chi connectivity index (χ1n) is 9.67. The molecular weight excluding hydrogens is 373 g/mol. The zero-order valence-electron chi connectivity index (χ0n) is 16.3. The van der Waals surface area contributed by atoms with Crippen molar-refractivity contribution in [1.29, 1.82) is 0 Å². The first-order chi connectivity index (χ1) is 13.9. The lowest BCUT2D eigenvalue weighted by Gasteiger charge is -2.27. The Morgan fingerprint density at radius 3 is 2.55 bits per heavy atom. The van der Waals surface area contributed by atoms with Gasteiger partial charge in [0.1, 0.15) is 17.9 Å². The summed E-state index contributed by atoms with van der Waals surface area (Å²) in [6.07, 6.45) is 1.02. The molecule has 4 rings (SSSR count). The van der Waals surface area contributed by atoms with Crippen molar-refractivity contribution in [1.82, 2.24) is 10.2 Å². The number of carbonyl (C=O) groups excluding carboxylic acids is 3. The van der Waals surface area contributed by atoms with Crippen LogP contribution in [-0.4, -0.2) is 35.3 Å². The van der Waals surface area contributed by atoms with E-state index in [4.69, 9.17) is 0 Å². The smallest absolute Gasteiger partial charge is 0.319 e. The molecule has 1 N–H and O–H groups in total. The molecule has 2 atom stereocenters. The number of hydrogen-bond donors (Lipinski definition) is 1. The van der Waals surface area contributed by atoms with Gasteiger partial charge in [-0.25, -0.2) is 9.18 Å². The third-order valence-electron chi connectivity index (χ3n) is 5.81. The van der Waals surface area contributed by atoms with E-state index < -0.39 is 23.3 Å². The van der Waals surface area contributed by atoms with Gasteiger partial charge in [-0.05, 0) is 49.1 Å². The SMILES string of the molecule is CC[C@@]1(c2ccc(F)cc2)NC(=O)N(CC(=O)N2c3ccccc3C[C@H]2C)C1=O. The first-order valence-corrected chi connectivity index (χ1v) is 9.67. The number of rotatable bonds is 4. The van der Waals surface area contributed by atoms with Crippen LogP contribution in [0.4, 0.5) is 14.9 Å². The number of nitrogens with zero attached hydrogens (tertiary/aromatic N) is 2. The zero-order valence-corrected chi connectivity index (χ0v) is 16.3. The second-order valence-corrected chi connectivity index (χ2v) is 7.53. The fourth-order valence-electron chi connectivity index (χ4n) is 4.30. The molecule has 2 heterocycles. The van der Waals surface area contributed by atoms with E-state index in [-0.39, 0.29) is 24.9 Å². The fourth-order valence-corrected chi connectivity index (χ4v) is 4.30. The van der Waals surface area contributed by atoms with Crippen LogP contribution < -0.4 is 10.2 Å². The van der Waals surface area contributed by atoms with E-state index in [1.165, 1.54) is 24.3 Å². The van der Waals surface area contributed by atoms with Crippen LogP contribution in [0.1, 0.15) is 31.4 Å². The Morgan fingerprint density at radius 1 is 1.17 bits per heavy atom. The number of para-hydroxylation sites is 1. The summed E-state index contributed by atoms with van der Waals surface area (Å²) >= 11 is 0. The summed E-state index contributed by atoms with van der Waals surface area (Å²) in [5.74, 6) is -1.23. The minimum absolute atomic E-state index is 0.0475. The largest absolute Gasteiger partial charge is 0.325 e. The predicted molar refractivity (Wildman–Crippen MR) is 106 cm³/mol. The lowest BCUT2D eigenvalue weighted by molar-refractivity contribution is -0.134. The number of benzene rings is 2. The number of fused-ring (bicyclic) bond motifs is 1. The van der Waals surface area contributed by atoms with Crippen LogP contribution in [0, 0.1) is 5.82 Å². The number of nitrogens with one attached hydrogen (secondary N) is 1. The van der Waals surface area contributed by atoms with Crippen molar-refractivity contribution in [2.75, 3.05) is 11.4 Å². The van der Waals surface area contributed by atoms with Crippen molar-refractivity contribution in [3.63, 3.8) is 0 Å². The highest BCUT2D eigenvalue weighted by Gasteiger charge is 2.52. The van der Waals surface area contributed by atoms with Crippen LogP contribution >= 0.6 is 0 Å². The van der Waals surface area contributed by atoms with Crippen molar-refractivity contribution in [3.8, 4) is 0 Å². The summed E-state index contributed by atoms with van der Waals surface area (Å²) in [5, 5.41) is 2.72. The molecule has 6 nitrogen and oxygen atoms in total. The predicted octanol–water partition coefficient (Wildman–Crippen LogP) is 2.96. The van der Waals surface area contributed by atoms with Crippen LogP contribution in [0.25, 0.3) is 0 Å².